The number of nitro groups is 1. The van der Waals surface area contributed by atoms with Crippen molar-refractivity contribution in [2.45, 2.75) is 25.3 Å². The normalized spacial score (nSPS) is 11.7. The number of nitrogens with one attached hydrogen (secondary N) is 2. The number of non-ortho nitro benzene ring substituents is 1. The fourth-order valence-corrected chi connectivity index (χ4v) is 3.51. The lowest BCUT2D eigenvalue weighted by atomic mass is 10.0. The van der Waals surface area contributed by atoms with Crippen LogP contribution in [0.1, 0.15) is 17.5 Å². The molecular weight excluding hydrogens is 450 g/mol. The van der Waals surface area contributed by atoms with Crippen LogP contribution in [-0.2, 0) is 17.6 Å². The summed E-state index contributed by atoms with van der Waals surface area (Å²) < 4.78 is 0. The van der Waals surface area contributed by atoms with Crippen LogP contribution >= 0.6 is 0 Å². The van der Waals surface area contributed by atoms with Gasteiger partial charge in [-0.05, 0) is 44.6 Å². The zero-order chi connectivity index (χ0) is 25.6. The van der Waals surface area contributed by atoms with Crippen molar-refractivity contribution in [2.75, 3.05) is 46.9 Å². The van der Waals surface area contributed by atoms with Gasteiger partial charge in [-0.25, -0.2) is 4.79 Å². The van der Waals surface area contributed by atoms with Gasteiger partial charge in [0.05, 0.1) is 11.5 Å². The zero-order valence-corrected chi connectivity index (χ0v) is 20.4. The molecule has 35 heavy (non-hydrogen) atoms. The van der Waals surface area contributed by atoms with Crippen molar-refractivity contribution in [1.82, 2.24) is 20.4 Å². The fraction of sp³-hybridized carbons (Fsp3) is 0.440. The van der Waals surface area contributed by atoms with Crippen molar-refractivity contribution >= 4 is 17.6 Å². The maximum Gasteiger partial charge on any atom is 0.318 e. The smallest absolute Gasteiger partial charge is 0.318 e. The number of aliphatic hydroxyl groups excluding tert-OH is 1. The van der Waals surface area contributed by atoms with Crippen molar-refractivity contribution in [3.63, 3.8) is 0 Å². The Morgan fingerprint density at radius 2 is 1.69 bits per heavy atom. The van der Waals surface area contributed by atoms with E-state index in [4.69, 9.17) is 0 Å². The summed E-state index contributed by atoms with van der Waals surface area (Å²) in [4.78, 5) is 39.9. The average molecular weight is 486 g/mol. The molecule has 0 saturated heterocycles. The average Bonchev–Trinajstić information content (AvgIpc) is 2.84. The molecule has 2 rings (SSSR count). The van der Waals surface area contributed by atoms with Gasteiger partial charge in [-0.1, -0.05) is 42.5 Å². The molecule has 0 saturated carbocycles. The molecule has 0 aliphatic heterocycles. The molecule has 3 amide bonds. The first-order valence-corrected chi connectivity index (χ1v) is 11.7. The molecule has 0 fully saturated rings. The molecule has 2 aromatic carbocycles. The first-order valence-electron chi connectivity index (χ1n) is 11.7. The van der Waals surface area contributed by atoms with Crippen LogP contribution in [0, 0.1) is 10.1 Å². The molecule has 0 aliphatic carbocycles. The highest BCUT2D eigenvalue weighted by Crippen LogP contribution is 2.14. The van der Waals surface area contributed by atoms with Gasteiger partial charge in [-0.15, -0.1) is 0 Å². The van der Waals surface area contributed by atoms with Gasteiger partial charge in [0, 0.05) is 38.2 Å². The topological polar surface area (TPSA) is 128 Å². The monoisotopic (exact) mass is 485 g/mol. The molecule has 0 radical (unpaired) electrons. The Hall–Kier alpha value is -3.50. The summed E-state index contributed by atoms with van der Waals surface area (Å²) in [6.07, 6.45) is 1.54. The standard InChI is InChI=1S/C25H35N5O5/c1-28(2)15-6-14-26-24(32)23(19-21-9-11-22(12-10-21)30(34)35)27-25(33)29(17-18-31)16-13-20-7-4-3-5-8-20/h3-5,7-12,23,31H,6,13-19H2,1-2H3,(H,26,32)(H,27,33)/t23-/m0/s1. The van der Waals surface area contributed by atoms with E-state index in [1.54, 1.807) is 12.1 Å². The molecule has 2 aromatic rings. The third-order valence-electron chi connectivity index (χ3n) is 5.45. The first kappa shape index (κ1) is 27.7. The van der Waals surface area contributed by atoms with Crippen LogP contribution in [0.25, 0.3) is 0 Å². The van der Waals surface area contributed by atoms with Gasteiger partial charge in [0.15, 0.2) is 0 Å². The molecule has 10 heteroatoms. The Kier molecular flexibility index (Phi) is 11.6. The minimum absolute atomic E-state index is 0.0440. The van der Waals surface area contributed by atoms with Gasteiger partial charge in [-0.3, -0.25) is 14.9 Å². The van der Waals surface area contributed by atoms with Gasteiger partial charge < -0.3 is 25.5 Å². The Bertz CT molecular complexity index is 937. The van der Waals surface area contributed by atoms with Gasteiger partial charge in [-0.2, -0.15) is 0 Å². The first-order chi connectivity index (χ1) is 16.8. The van der Waals surface area contributed by atoms with E-state index in [1.807, 2.05) is 49.3 Å². The molecule has 0 unspecified atom stereocenters. The molecule has 10 nitrogen and oxygen atoms in total. The van der Waals surface area contributed by atoms with Crippen LogP contribution in [0.4, 0.5) is 10.5 Å². The number of nitrogens with zero attached hydrogens (tertiary/aromatic N) is 3. The summed E-state index contributed by atoms with van der Waals surface area (Å²) in [6, 6.07) is 14.3. The number of carbonyl (C=O) groups is 2. The maximum absolute atomic E-state index is 13.0. The summed E-state index contributed by atoms with van der Waals surface area (Å²) in [5, 5.41) is 26.1. The number of aliphatic hydroxyl groups is 1. The number of urea groups is 1. The van der Waals surface area contributed by atoms with Gasteiger partial charge in [0.1, 0.15) is 6.04 Å². The molecule has 0 aliphatic rings. The molecule has 0 aromatic heterocycles. The second-order valence-electron chi connectivity index (χ2n) is 8.52. The van der Waals surface area contributed by atoms with Crippen molar-refractivity contribution in [2.24, 2.45) is 0 Å². The predicted octanol–water partition coefficient (Wildman–Crippen LogP) is 1.82. The number of hydrogen-bond acceptors (Lipinski definition) is 6. The molecule has 0 spiro atoms. The molecular formula is C25H35N5O5. The van der Waals surface area contributed by atoms with Crippen LogP contribution in [0.3, 0.4) is 0 Å². The minimum Gasteiger partial charge on any atom is -0.395 e. The van der Waals surface area contributed by atoms with E-state index < -0.39 is 17.0 Å². The van der Waals surface area contributed by atoms with E-state index >= 15 is 0 Å². The molecule has 0 heterocycles. The highest BCUT2D eigenvalue weighted by molar-refractivity contribution is 5.87. The van der Waals surface area contributed by atoms with E-state index in [1.165, 1.54) is 17.0 Å². The lowest BCUT2D eigenvalue weighted by Crippen LogP contribution is -2.53. The number of amides is 3. The van der Waals surface area contributed by atoms with Crippen molar-refractivity contribution in [3.8, 4) is 0 Å². The quantitative estimate of drug-likeness (QED) is 0.213. The summed E-state index contributed by atoms with van der Waals surface area (Å²) in [7, 11) is 3.90. The number of carbonyl (C=O) groups excluding carboxylic acids is 2. The van der Waals surface area contributed by atoms with E-state index in [0.29, 0.717) is 25.1 Å². The van der Waals surface area contributed by atoms with Crippen LogP contribution in [0.5, 0.6) is 0 Å². The van der Waals surface area contributed by atoms with Crippen molar-refractivity contribution in [1.29, 1.82) is 0 Å². The Morgan fingerprint density at radius 1 is 1.00 bits per heavy atom. The Morgan fingerprint density at radius 3 is 2.29 bits per heavy atom. The maximum atomic E-state index is 13.0. The van der Waals surface area contributed by atoms with Crippen LogP contribution in [-0.4, -0.2) is 84.7 Å². The Labute approximate surface area is 206 Å². The summed E-state index contributed by atoms with van der Waals surface area (Å²) >= 11 is 0. The number of hydrogen-bond donors (Lipinski definition) is 3. The van der Waals surface area contributed by atoms with Gasteiger partial charge >= 0.3 is 6.03 Å². The lowest BCUT2D eigenvalue weighted by Gasteiger charge is -2.26. The van der Waals surface area contributed by atoms with E-state index in [9.17, 15) is 24.8 Å². The van der Waals surface area contributed by atoms with Crippen LogP contribution in [0.2, 0.25) is 0 Å². The summed E-state index contributed by atoms with van der Waals surface area (Å²) in [6.45, 7) is 1.58. The fourth-order valence-electron chi connectivity index (χ4n) is 3.51. The SMILES string of the molecule is CN(C)CCCNC(=O)[C@H](Cc1ccc([N+](=O)[O-])cc1)NC(=O)N(CCO)CCc1ccccc1. The zero-order valence-electron chi connectivity index (χ0n) is 20.4. The van der Waals surface area contributed by atoms with Crippen molar-refractivity contribution in [3.05, 3.63) is 75.8 Å². The number of nitro benzene ring substituents is 1. The van der Waals surface area contributed by atoms with Crippen LogP contribution < -0.4 is 10.6 Å². The highest BCUT2D eigenvalue weighted by atomic mass is 16.6. The third kappa shape index (κ3) is 10.1. The van der Waals surface area contributed by atoms with Gasteiger partial charge in [0.25, 0.3) is 5.69 Å². The van der Waals surface area contributed by atoms with Crippen LogP contribution in [0.15, 0.2) is 54.6 Å². The Balaban J connectivity index is 2.08. The van der Waals surface area contributed by atoms with E-state index in [-0.39, 0.29) is 31.2 Å². The largest absolute Gasteiger partial charge is 0.395 e. The summed E-state index contributed by atoms with van der Waals surface area (Å²) in [5.74, 6) is -0.331. The molecule has 0 bridgehead atoms. The predicted molar refractivity (Wildman–Crippen MR) is 134 cm³/mol. The van der Waals surface area contributed by atoms with E-state index in [0.717, 1.165) is 18.5 Å². The molecule has 190 valence electrons. The second-order valence-corrected chi connectivity index (χ2v) is 8.52. The van der Waals surface area contributed by atoms with E-state index in [2.05, 4.69) is 10.6 Å². The molecule has 1 atom stereocenters. The second kappa shape index (κ2) is 14.7. The molecule has 3 N–H and O–H groups in total. The lowest BCUT2D eigenvalue weighted by molar-refractivity contribution is -0.384. The van der Waals surface area contributed by atoms with Gasteiger partial charge in [0.2, 0.25) is 5.91 Å². The summed E-state index contributed by atoms with van der Waals surface area (Å²) in [5.41, 5.74) is 1.70. The third-order valence-corrected chi connectivity index (χ3v) is 5.45. The number of rotatable bonds is 14. The minimum atomic E-state index is -0.874. The van der Waals surface area contributed by atoms with Crippen molar-refractivity contribution < 1.29 is 19.6 Å². The number of benzene rings is 2. The highest BCUT2D eigenvalue weighted by Gasteiger charge is 2.24.